The summed E-state index contributed by atoms with van der Waals surface area (Å²) in [5.41, 5.74) is 1.14. The van der Waals surface area contributed by atoms with Crippen molar-refractivity contribution in [2.45, 2.75) is 38.5 Å². The maximum absolute atomic E-state index is 12.6. The molecule has 0 saturated carbocycles. The topological polar surface area (TPSA) is 49.9 Å². The predicted octanol–water partition coefficient (Wildman–Crippen LogP) is 3.05. The van der Waals surface area contributed by atoms with E-state index in [2.05, 4.69) is 12.2 Å². The van der Waals surface area contributed by atoms with Gasteiger partial charge < -0.3 is 14.5 Å². The van der Waals surface area contributed by atoms with E-state index in [-0.39, 0.29) is 11.8 Å². The van der Waals surface area contributed by atoms with Gasteiger partial charge in [-0.1, -0.05) is 24.3 Å². The highest BCUT2D eigenvalue weighted by atomic mass is 16.5. The van der Waals surface area contributed by atoms with Crippen molar-refractivity contribution in [2.75, 3.05) is 33.3 Å². The molecule has 2 amide bonds. The first kappa shape index (κ1) is 19.5. The van der Waals surface area contributed by atoms with Gasteiger partial charge in [0.25, 0.3) is 0 Å². The molecule has 1 aromatic carbocycles. The van der Waals surface area contributed by atoms with Crippen LogP contribution < -0.4 is 4.74 Å². The lowest BCUT2D eigenvalue weighted by Gasteiger charge is -2.23. The minimum atomic E-state index is 0.179. The van der Waals surface area contributed by atoms with E-state index in [0.29, 0.717) is 31.8 Å². The van der Waals surface area contributed by atoms with Crippen molar-refractivity contribution in [3.63, 3.8) is 0 Å². The van der Waals surface area contributed by atoms with E-state index in [0.717, 1.165) is 50.1 Å². The van der Waals surface area contributed by atoms with Crippen molar-refractivity contribution < 1.29 is 14.3 Å². The third-order valence-electron chi connectivity index (χ3n) is 5.54. The van der Waals surface area contributed by atoms with Crippen LogP contribution in [0.1, 0.15) is 37.7 Å². The van der Waals surface area contributed by atoms with Gasteiger partial charge in [0.05, 0.1) is 7.11 Å². The summed E-state index contributed by atoms with van der Waals surface area (Å²) in [6, 6.07) is 7.86. The Hall–Kier alpha value is -2.30. The molecule has 0 radical (unpaired) electrons. The van der Waals surface area contributed by atoms with Crippen LogP contribution >= 0.6 is 0 Å². The minimum Gasteiger partial charge on any atom is -0.497 e. The monoisotopic (exact) mass is 370 g/mol. The maximum Gasteiger partial charge on any atom is 0.223 e. The van der Waals surface area contributed by atoms with Crippen LogP contribution in [0.4, 0.5) is 0 Å². The Morgan fingerprint density at radius 1 is 1.04 bits per heavy atom. The normalized spacial score (nSPS) is 19.8. The molecule has 1 saturated heterocycles. The van der Waals surface area contributed by atoms with E-state index in [9.17, 15) is 9.59 Å². The molecule has 0 unspecified atom stereocenters. The van der Waals surface area contributed by atoms with E-state index in [1.165, 1.54) is 0 Å². The van der Waals surface area contributed by atoms with Gasteiger partial charge in [-0.15, -0.1) is 0 Å². The molecule has 0 spiro atoms. The van der Waals surface area contributed by atoms with Crippen LogP contribution in [0.25, 0.3) is 0 Å². The fraction of sp³-hybridized carbons (Fsp3) is 0.545. The Balaban J connectivity index is 1.44. The van der Waals surface area contributed by atoms with Gasteiger partial charge in [0.1, 0.15) is 5.75 Å². The second-order valence-corrected chi connectivity index (χ2v) is 7.43. The molecule has 5 heteroatoms. The summed E-state index contributed by atoms with van der Waals surface area (Å²) in [5.74, 6) is 1.65. The number of nitrogens with zero attached hydrogens (tertiary/aromatic N) is 2. The Bertz CT molecular complexity index is 669. The average Bonchev–Trinajstić information content (AvgIpc) is 3.07. The van der Waals surface area contributed by atoms with E-state index in [1.54, 1.807) is 7.11 Å². The van der Waals surface area contributed by atoms with Crippen LogP contribution in [0.5, 0.6) is 5.75 Å². The van der Waals surface area contributed by atoms with Crippen molar-refractivity contribution in [1.29, 1.82) is 0 Å². The van der Waals surface area contributed by atoms with E-state index < -0.39 is 0 Å². The van der Waals surface area contributed by atoms with Gasteiger partial charge in [-0.2, -0.15) is 0 Å². The van der Waals surface area contributed by atoms with Gasteiger partial charge in [-0.3, -0.25) is 9.59 Å². The fourth-order valence-electron chi connectivity index (χ4n) is 3.84. The van der Waals surface area contributed by atoms with Gasteiger partial charge in [0.15, 0.2) is 0 Å². The lowest BCUT2D eigenvalue weighted by atomic mass is 10.0. The molecule has 3 rings (SSSR count). The van der Waals surface area contributed by atoms with Gasteiger partial charge in [0, 0.05) is 39.0 Å². The number of allylic oxidation sites excluding steroid dienone is 2. The lowest BCUT2D eigenvalue weighted by molar-refractivity contribution is -0.133. The molecule has 1 aromatic rings. The number of amides is 2. The summed E-state index contributed by atoms with van der Waals surface area (Å²) in [6.45, 7) is 2.81. The van der Waals surface area contributed by atoms with E-state index in [4.69, 9.17) is 4.74 Å². The van der Waals surface area contributed by atoms with Crippen molar-refractivity contribution in [3.05, 3.63) is 42.0 Å². The zero-order chi connectivity index (χ0) is 19.1. The van der Waals surface area contributed by atoms with E-state index in [1.807, 2.05) is 34.1 Å². The number of hydrogen-bond donors (Lipinski definition) is 0. The van der Waals surface area contributed by atoms with Crippen LogP contribution in [0.2, 0.25) is 0 Å². The zero-order valence-corrected chi connectivity index (χ0v) is 16.2. The van der Waals surface area contributed by atoms with Crippen LogP contribution in [-0.4, -0.2) is 54.9 Å². The smallest absolute Gasteiger partial charge is 0.223 e. The summed E-state index contributed by atoms with van der Waals surface area (Å²) < 4.78 is 5.16. The molecular weight excluding hydrogens is 340 g/mol. The summed E-state index contributed by atoms with van der Waals surface area (Å²) in [7, 11) is 1.65. The standard InChI is InChI=1S/C22H30N2O3/c1-27-20-10-7-18(8-11-20)9-12-21(25)23-13-4-14-24(16-15-23)22(26)17-19-5-2-3-6-19/h2,5,7-8,10-11,19H,3-4,6,9,12-17H2,1H3/t19-/m1/s1. The number of ether oxygens (including phenoxy) is 1. The first-order valence-corrected chi connectivity index (χ1v) is 10.0. The van der Waals surface area contributed by atoms with Crippen LogP contribution in [0, 0.1) is 5.92 Å². The third-order valence-corrected chi connectivity index (χ3v) is 5.54. The molecule has 27 heavy (non-hydrogen) atoms. The first-order chi connectivity index (χ1) is 13.2. The lowest BCUT2D eigenvalue weighted by Crippen LogP contribution is -2.37. The molecule has 1 heterocycles. The second kappa shape index (κ2) is 9.58. The average molecular weight is 370 g/mol. The number of carbonyl (C=O) groups excluding carboxylic acids is 2. The molecule has 2 aliphatic rings. The van der Waals surface area contributed by atoms with Gasteiger partial charge in [-0.05, 0) is 49.3 Å². The van der Waals surface area contributed by atoms with Crippen molar-refractivity contribution >= 4 is 11.8 Å². The molecule has 1 aliphatic heterocycles. The maximum atomic E-state index is 12.6. The molecule has 0 bridgehead atoms. The summed E-state index contributed by atoms with van der Waals surface area (Å²) in [4.78, 5) is 29.0. The molecule has 146 valence electrons. The van der Waals surface area contributed by atoms with E-state index >= 15 is 0 Å². The predicted molar refractivity (Wildman–Crippen MR) is 106 cm³/mol. The quantitative estimate of drug-likeness (QED) is 0.723. The second-order valence-electron chi connectivity index (χ2n) is 7.43. The summed E-state index contributed by atoms with van der Waals surface area (Å²) >= 11 is 0. The van der Waals surface area contributed by atoms with Crippen molar-refractivity contribution in [3.8, 4) is 5.75 Å². The minimum absolute atomic E-state index is 0.179. The molecule has 1 atom stereocenters. The first-order valence-electron chi connectivity index (χ1n) is 10.0. The van der Waals surface area contributed by atoms with Crippen LogP contribution in [-0.2, 0) is 16.0 Å². The fourth-order valence-corrected chi connectivity index (χ4v) is 3.84. The number of carbonyl (C=O) groups is 2. The highest BCUT2D eigenvalue weighted by molar-refractivity contribution is 5.78. The zero-order valence-electron chi connectivity index (χ0n) is 16.2. The number of aryl methyl sites for hydroxylation is 1. The Labute approximate surface area is 162 Å². The van der Waals surface area contributed by atoms with Crippen molar-refractivity contribution in [1.82, 2.24) is 9.80 Å². The Morgan fingerprint density at radius 3 is 2.37 bits per heavy atom. The van der Waals surface area contributed by atoms with Gasteiger partial charge in [-0.25, -0.2) is 0 Å². The molecular formula is C22H30N2O3. The van der Waals surface area contributed by atoms with Gasteiger partial charge >= 0.3 is 0 Å². The van der Waals surface area contributed by atoms with Crippen LogP contribution in [0.3, 0.4) is 0 Å². The Morgan fingerprint density at radius 2 is 1.74 bits per heavy atom. The summed E-state index contributed by atoms with van der Waals surface area (Å²) in [5, 5.41) is 0. The molecule has 1 fully saturated rings. The highest BCUT2D eigenvalue weighted by Crippen LogP contribution is 2.21. The number of benzene rings is 1. The number of methoxy groups -OCH3 is 1. The molecule has 0 N–H and O–H groups in total. The summed E-state index contributed by atoms with van der Waals surface area (Å²) in [6.07, 6.45) is 9.24. The number of rotatable bonds is 6. The van der Waals surface area contributed by atoms with Gasteiger partial charge in [0.2, 0.25) is 11.8 Å². The molecule has 0 aromatic heterocycles. The highest BCUT2D eigenvalue weighted by Gasteiger charge is 2.23. The SMILES string of the molecule is COc1ccc(CCC(=O)N2CCCN(C(=O)C[C@@H]3C=CCC3)CC2)cc1. The van der Waals surface area contributed by atoms with Crippen molar-refractivity contribution in [2.24, 2.45) is 5.92 Å². The number of hydrogen-bond acceptors (Lipinski definition) is 3. The Kier molecular flexibility index (Phi) is 6.91. The molecule has 1 aliphatic carbocycles. The third kappa shape index (κ3) is 5.59. The van der Waals surface area contributed by atoms with Crippen LogP contribution in [0.15, 0.2) is 36.4 Å². The molecule has 5 nitrogen and oxygen atoms in total. The largest absolute Gasteiger partial charge is 0.497 e.